The zero-order chi connectivity index (χ0) is 19.8. The van der Waals surface area contributed by atoms with Crippen molar-refractivity contribution < 1.29 is 23.8 Å². The molecule has 1 saturated carbocycles. The highest BCUT2D eigenvalue weighted by Gasteiger charge is 2.67. The molecular formula is C22H32O5. The maximum absolute atomic E-state index is 12.6. The molecule has 0 aromatic carbocycles. The van der Waals surface area contributed by atoms with E-state index in [-0.39, 0.29) is 46.8 Å². The van der Waals surface area contributed by atoms with Crippen LogP contribution in [0.15, 0.2) is 12.2 Å². The van der Waals surface area contributed by atoms with Crippen LogP contribution in [0.3, 0.4) is 0 Å². The van der Waals surface area contributed by atoms with Gasteiger partial charge in [-0.25, -0.2) is 0 Å². The molecule has 2 heterocycles. The highest BCUT2D eigenvalue weighted by Crippen LogP contribution is 2.64. The van der Waals surface area contributed by atoms with Gasteiger partial charge in [0.2, 0.25) is 0 Å². The normalized spacial score (nSPS) is 50.5. The molecule has 4 aliphatic rings. The summed E-state index contributed by atoms with van der Waals surface area (Å²) in [5.74, 6) is 0.138. The van der Waals surface area contributed by atoms with Crippen molar-refractivity contribution >= 4 is 11.8 Å². The predicted octanol–water partition coefficient (Wildman–Crippen LogP) is 3.45. The van der Waals surface area contributed by atoms with Crippen molar-refractivity contribution in [2.75, 3.05) is 6.61 Å². The van der Waals surface area contributed by atoms with Gasteiger partial charge in [0, 0.05) is 18.3 Å². The van der Waals surface area contributed by atoms with E-state index in [2.05, 4.69) is 26.8 Å². The number of rotatable bonds is 2. The molecule has 7 atom stereocenters. The molecule has 2 saturated heterocycles. The average Bonchev–Trinajstić information content (AvgIpc) is 3.38. The third kappa shape index (κ3) is 2.65. The fourth-order valence-electron chi connectivity index (χ4n) is 6.44. The molecule has 0 aromatic rings. The van der Waals surface area contributed by atoms with Crippen LogP contribution in [-0.2, 0) is 23.8 Å². The van der Waals surface area contributed by atoms with Gasteiger partial charge in [0.05, 0.1) is 12.2 Å². The Balaban J connectivity index is 1.79. The first-order valence-electron chi connectivity index (χ1n) is 10.2. The second-order valence-electron chi connectivity index (χ2n) is 10.2. The van der Waals surface area contributed by atoms with Crippen LogP contribution in [0.5, 0.6) is 0 Å². The fourth-order valence-corrected chi connectivity index (χ4v) is 6.44. The third-order valence-electron chi connectivity index (χ3n) is 8.09. The summed E-state index contributed by atoms with van der Waals surface area (Å²) >= 11 is 0. The lowest BCUT2D eigenvalue weighted by atomic mass is 9.45. The van der Waals surface area contributed by atoms with Crippen LogP contribution in [0.4, 0.5) is 0 Å². The minimum atomic E-state index is -0.601. The van der Waals surface area contributed by atoms with Gasteiger partial charge < -0.3 is 14.2 Å². The number of fused-ring (bicyclic) bond motifs is 3. The summed E-state index contributed by atoms with van der Waals surface area (Å²) in [6.45, 7) is 12.7. The number of carbonyl (C=O) groups is 2. The summed E-state index contributed by atoms with van der Waals surface area (Å²) in [5, 5.41) is 0. The monoisotopic (exact) mass is 376 g/mol. The number of epoxide rings is 1. The third-order valence-corrected chi connectivity index (χ3v) is 8.09. The number of hydrogen-bond donors (Lipinski definition) is 0. The van der Waals surface area contributed by atoms with Crippen molar-refractivity contribution in [3.63, 3.8) is 0 Å². The Morgan fingerprint density at radius 1 is 1.19 bits per heavy atom. The number of ether oxygens (including phenoxy) is 3. The van der Waals surface area contributed by atoms with Gasteiger partial charge in [0.25, 0.3) is 0 Å². The van der Waals surface area contributed by atoms with E-state index in [1.807, 2.05) is 13.8 Å². The first-order chi connectivity index (χ1) is 12.4. The molecule has 0 unspecified atom stereocenters. The molecule has 5 heteroatoms. The standard InChI is InChI=1S/C22H32O5/c1-13(23)26-17-11-15-19(2,3)16(24)8-9-20(15,4)14-7-10-21(5,18-12-25-18)27-22(14,17)6/h8-9,14-15,17-18H,7,10-12H2,1-6H3/t14-,15-,17-,18+,20+,21-,22-/m1/s1. The molecule has 3 fully saturated rings. The summed E-state index contributed by atoms with van der Waals surface area (Å²) in [6.07, 6.45) is 6.14. The number of ketones is 1. The predicted molar refractivity (Wildman–Crippen MR) is 100 cm³/mol. The van der Waals surface area contributed by atoms with Crippen LogP contribution >= 0.6 is 0 Å². The lowest BCUT2D eigenvalue weighted by molar-refractivity contribution is -0.293. The van der Waals surface area contributed by atoms with Gasteiger partial charge >= 0.3 is 5.97 Å². The van der Waals surface area contributed by atoms with E-state index < -0.39 is 11.0 Å². The molecule has 150 valence electrons. The average molecular weight is 376 g/mol. The summed E-state index contributed by atoms with van der Waals surface area (Å²) in [4.78, 5) is 24.6. The van der Waals surface area contributed by atoms with Crippen LogP contribution in [0.1, 0.15) is 60.8 Å². The molecule has 0 amide bonds. The van der Waals surface area contributed by atoms with E-state index in [4.69, 9.17) is 14.2 Å². The molecule has 27 heavy (non-hydrogen) atoms. The largest absolute Gasteiger partial charge is 0.459 e. The highest BCUT2D eigenvalue weighted by molar-refractivity contribution is 5.95. The molecule has 0 spiro atoms. The van der Waals surface area contributed by atoms with Crippen molar-refractivity contribution in [3.05, 3.63) is 12.2 Å². The molecule has 2 aliphatic carbocycles. The van der Waals surface area contributed by atoms with E-state index >= 15 is 0 Å². The van der Waals surface area contributed by atoms with E-state index in [9.17, 15) is 9.59 Å². The Morgan fingerprint density at radius 3 is 2.44 bits per heavy atom. The van der Waals surface area contributed by atoms with Crippen LogP contribution in [-0.4, -0.2) is 41.8 Å². The van der Waals surface area contributed by atoms with Crippen molar-refractivity contribution in [1.82, 2.24) is 0 Å². The Morgan fingerprint density at radius 2 is 1.85 bits per heavy atom. The maximum Gasteiger partial charge on any atom is 0.303 e. The van der Waals surface area contributed by atoms with Crippen molar-refractivity contribution in [2.24, 2.45) is 22.7 Å². The Bertz CT molecular complexity index is 707. The maximum atomic E-state index is 12.6. The summed E-state index contributed by atoms with van der Waals surface area (Å²) in [6, 6.07) is 0. The van der Waals surface area contributed by atoms with Crippen molar-refractivity contribution in [3.8, 4) is 0 Å². The van der Waals surface area contributed by atoms with Crippen molar-refractivity contribution in [1.29, 1.82) is 0 Å². The van der Waals surface area contributed by atoms with Crippen LogP contribution in [0.2, 0.25) is 0 Å². The first kappa shape index (κ1) is 19.1. The lowest BCUT2D eigenvalue weighted by Crippen LogP contribution is -2.69. The second-order valence-corrected chi connectivity index (χ2v) is 10.2. The minimum absolute atomic E-state index is 0.107. The smallest absolute Gasteiger partial charge is 0.303 e. The van der Waals surface area contributed by atoms with E-state index in [0.717, 1.165) is 19.4 Å². The van der Waals surface area contributed by atoms with Gasteiger partial charge in [0.1, 0.15) is 17.8 Å². The number of esters is 1. The zero-order valence-corrected chi connectivity index (χ0v) is 17.3. The van der Waals surface area contributed by atoms with Crippen LogP contribution < -0.4 is 0 Å². The van der Waals surface area contributed by atoms with Gasteiger partial charge in [-0.05, 0) is 50.5 Å². The number of carbonyl (C=O) groups excluding carboxylic acids is 2. The second kappa shape index (κ2) is 5.66. The first-order valence-corrected chi connectivity index (χ1v) is 10.2. The van der Waals surface area contributed by atoms with Gasteiger partial charge in [-0.3, -0.25) is 9.59 Å². The van der Waals surface area contributed by atoms with Crippen LogP contribution in [0.25, 0.3) is 0 Å². The lowest BCUT2D eigenvalue weighted by Gasteiger charge is -2.64. The molecule has 0 N–H and O–H groups in total. The Hall–Kier alpha value is -1.20. The molecule has 4 rings (SSSR count). The summed E-state index contributed by atoms with van der Waals surface area (Å²) < 4.78 is 18.2. The van der Waals surface area contributed by atoms with Gasteiger partial charge in [-0.1, -0.05) is 26.8 Å². The summed E-state index contributed by atoms with van der Waals surface area (Å²) in [5.41, 5.74) is -1.61. The van der Waals surface area contributed by atoms with E-state index in [1.54, 1.807) is 6.08 Å². The molecule has 0 radical (unpaired) electrons. The fraction of sp³-hybridized carbons (Fsp3) is 0.818. The summed E-state index contributed by atoms with van der Waals surface area (Å²) in [7, 11) is 0. The molecular weight excluding hydrogens is 344 g/mol. The molecule has 2 aliphatic heterocycles. The molecule has 5 nitrogen and oxygen atoms in total. The highest BCUT2D eigenvalue weighted by atomic mass is 16.6. The van der Waals surface area contributed by atoms with E-state index in [0.29, 0.717) is 6.42 Å². The zero-order valence-electron chi connectivity index (χ0n) is 17.3. The van der Waals surface area contributed by atoms with Crippen LogP contribution in [0, 0.1) is 22.7 Å². The van der Waals surface area contributed by atoms with E-state index in [1.165, 1.54) is 6.92 Å². The molecule has 0 bridgehead atoms. The SMILES string of the molecule is CC(=O)O[C@@H]1C[C@@H]2C(C)(C)C(=O)C=C[C@@]2(C)[C@H]2CC[C@](C)([C@@H]3CO3)O[C@]21C. The quantitative estimate of drug-likeness (QED) is 0.545. The topological polar surface area (TPSA) is 65.1 Å². The number of allylic oxidation sites excluding steroid dienone is 2. The van der Waals surface area contributed by atoms with Crippen molar-refractivity contribution in [2.45, 2.75) is 84.2 Å². The Labute approximate surface area is 161 Å². The number of hydrogen-bond acceptors (Lipinski definition) is 5. The Kier molecular flexibility index (Phi) is 4.01. The van der Waals surface area contributed by atoms with Gasteiger partial charge in [0.15, 0.2) is 5.78 Å². The van der Waals surface area contributed by atoms with Gasteiger partial charge in [-0.15, -0.1) is 0 Å². The molecule has 0 aromatic heterocycles. The van der Waals surface area contributed by atoms with Gasteiger partial charge in [-0.2, -0.15) is 0 Å². The minimum Gasteiger partial charge on any atom is -0.459 e.